The molecule has 0 bridgehead atoms. The highest BCUT2D eigenvalue weighted by atomic mass is 32.1. The highest BCUT2D eigenvalue weighted by Crippen LogP contribution is 2.37. The molecule has 0 saturated heterocycles. The Labute approximate surface area is 129 Å². The van der Waals surface area contributed by atoms with Crippen LogP contribution in [0.25, 0.3) is 0 Å². The molecule has 1 fully saturated rings. The maximum absolute atomic E-state index is 12.6. The zero-order valence-corrected chi connectivity index (χ0v) is 13.9. The number of hydrogen-bond donors (Lipinski definition) is 2. The van der Waals surface area contributed by atoms with E-state index in [4.69, 9.17) is 18.0 Å². The monoisotopic (exact) mass is 298 g/mol. The van der Waals surface area contributed by atoms with Crippen molar-refractivity contribution in [3.8, 4) is 0 Å². The number of unbranched alkanes of at least 4 members (excludes halogenated alkanes) is 3. The molecule has 0 radical (unpaired) electrons. The van der Waals surface area contributed by atoms with E-state index in [1.807, 2.05) is 0 Å². The largest absolute Gasteiger partial charge is 0.392 e. The van der Waals surface area contributed by atoms with Gasteiger partial charge in [-0.05, 0) is 26.2 Å². The third-order valence-electron chi connectivity index (χ3n) is 4.48. The summed E-state index contributed by atoms with van der Waals surface area (Å²) in [7, 11) is 0. The van der Waals surface area contributed by atoms with Gasteiger partial charge in [0, 0.05) is 6.04 Å². The Kier molecular flexibility index (Phi) is 7.49. The standard InChI is InChI=1S/C16H30N2OS/c1-3-4-5-7-10-13(2)18-15(19)16(14(17)20)11-8-6-9-12-16/h13H,3-12H2,1-2H3,(H2,17,20)(H,18,19). The first-order valence-corrected chi connectivity index (χ1v) is 8.54. The van der Waals surface area contributed by atoms with Gasteiger partial charge in [-0.15, -0.1) is 0 Å². The number of nitrogens with one attached hydrogen (secondary N) is 1. The summed E-state index contributed by atoms with van der Waals surface area (Å²) in [4.78, 5) is 13.0. The smallest absolute Gasteiger partial charge is 0.233 e. The van der Waals surface area contributed by atoms with Gasteiger partial charge in [0.2, 0.25) is 5.91 Å². The number of carbonyl (C=O) groups is 1. The van der Waals surface area contributed by atoms with Crippen LogP contribution in [0.3, 0.4) is 0 Å². The lowest BCUT2D eigenvalue weighted by Gasteiger charge is -2.35. The average molecular weight is 298 g/mol. The number of hydrogen-bond acceptors (Lipinski definition) is 2. The number of rotatable bonds is 8. The van der Waals surface area contributed by atoms with E-state index >= 15 is 0 Å². The molecule has 1 amide bonds. The summed E-state index contributed by atoms with van der Waals surface area (Å²) < 4.78 is 0. The molecular formula is C16H30N2OS. The lowest BCUT2D eigenvalue weighted by molar-refractivity contribution is -0.129. The number of amides is 1. The van der Waals surface area contributed by atoms with Crippen LogP contribution in [-0.4, -0.2) is 16.9 Å². The van der Waals surface area contributed by atoms with E-state index in [1.54, 1.807) is 0 Å². The second kappa shape index (κ2) is 8.60. The zero-order chi connectivity index (χ0) is 15.0. The van der Waals surface area contributed by atoms with Gasteiger partial charge in [0.05, 0.1) is 10.4 Å². The summed E-state index contributed by atoms with van der Waals surface area (Å²) in [6, 6.07) is 0.215. The molecular weight excluding hydrogens is 268 g/mol. The number of nitrogens with two attached hydrogens (primary N) is 1. The van der Waals surface area contributed by atoms with Crippen molar-refractivity contribution in [2.24, 2.45) is 11.1 Å². The van der Waals surface area contributed by atoms with Gasteiger partial charge in [0.25, 0.3) is 0 Å². The molecule has 116 valence electrons. The fraction of sp³-hybridized carbons (Fsp3) is 0.875. The maximum Gasteiger partial charge on any atom is 0.233 e. The Bertz CT molecular complexity index is 324. The normalized spacial score (nSPS) is 19.3. The molecule has 0 heterocycles. The van der Waals surface area contributed by atoms with Crippen molar-refractivity contribution in [3.05, 3.63) is 0 Å². The van der Waals surface area contributed by atoms with Gasteiger partial charge in [0.1, 0.15) is 0 Å². The Hall–Kier alpha value is -0.640. The third-order valence-corrected chi connectivity index (χ3v) is 4.87. The minimum Gasteiger partial charge on any atom is -0.392 e. The minimum atomic E-state index is -0.578. The van der Waals surface area contributed by atoms with Gasteiger partial charge >= 0.3 is 0 Å². The van der Waals surface area contributed by atoms with Crippen LogP contribution in [0.5, 0.6) is 0 Å². The minimum absolute atomic E-state index is 0.0627. The summed E-state index contributed by atoms with van der Waals surface area (Å²) in [5.41, 5.74) is 5.31. The number of thiocarbonyl (C=S) groups is 1. The van der Waals surface area contributed by atoms with Crippen LogP contribution in [0.1, 0.15) is 78.1 Å². The molecule has 1 saturated carbocycles. The molecule has 0 aliphatic heterocycles. The Morgan fingerprint density at radius 2 is 1.90 bits per heavy atom. The van der Waals surface area contributed by atoms with E-state index in [0.29, 0.717) is 4.99 Å². The van der Waals surface area contributed by atoms with Crippen LogP contribution in [0.15, 0.2) is 0 Å². The van der Waals surface area contributed by atoms with Crippen LogP contribution in [0.4, 0.5) is 0 Å². The zero-order valence-electron chi connectivity index (χ0n) is 13.0. The van der Waals surface area contributed by atoms with Crippen molar-refractivity contribution in [3.63, 3.8) is 0 Å². The molecule has 0 aromatic rings. The van der Waals surface area contributed by atoms with Gasteiger partial charge in [0.15, 0.2) is 0 Å². The summed E-state index contributed by atoms with van der Waals surface area (Å²) in [5, 5.41) is 3.14. The van der Waals surface area contributed by atoms with Crippen LogP contribution in [-0.2, 0) is 4.79 Å². The molecule has 4 heteroatoms. The van der Waals surface area contributed by atoms with Crippen molar-refractivity contribution in [2.75, 3.05) is 0 Å². The van der Waals surface area contributed by atoms with Gasteiger partial charge in [-0.25, -0.2) is 0 Å². The molecule has 1 aliphatic rings. The fourth-order valence-corrected chi connectivity index (χ4v) is 3.35. The Balaban J connectivity index is 2.47. The molecule has 0 spiro atoms. The van der Waals surface area contributed by atoms with E-state index in [1.165, 1.54) is 32.1 Å². The van der Waals surface area contributed by atoms with E-state index in [2.05, 4.69) is 19.2 Å². The summed E-state index contributed by atoms with van der Waals surface area (Å²) in [6.45, 7) is 4.29. The number of carbonyl (C=O) groups excluding carboxylic acids is 1. The molecule has 1 unspecified atom stereocenters. The molecule has 0 aromatic carbocycles. The predicted octanol–water partition coefficient (Wildman–Crippen LogP) is 3.70. The molecule has 0 aromatic heterocycles. The Morgan fingerprint density at radius 1 is 1.25 bits per heavy atom. The summed E-state index contributed by atoms with van der Waals surface area (Å²) >= 11 is 5.20. The lowest BCUT2D eigenvalue weighted by Crippen LogP contribution is -2.52. The van der Waals surface area contributed by atoms with E-state index in [9.17, 15) is 4.79 Å². The summed E-state index contributed by atoms with van der Waals surface area (Å²) in [6.07, 6.45) is 10.9. The molecule has 1 rings (SSSR count). The first-order chi connectivity index (χ1) is 9.53. The molecule has 1 atom stereocenters. The van der Waals surface area contributed by atoms with Crippen molar-refractivity contribution in [1.82, 2.24) is 5.32 Å². The topological polar surface area (TPSA) is 55.1 Å². The third kappa shape index (κ3) is 4.72. The fourth-order valence-electron chi connectivity index (χ4n) is 3.05. The van der Waals surface area contributed by atoms with E-state index in [-0.39, 0.29) is 11.9 Å². The van der Waals surface area contributed by atoms with E-state index in [0.717, 1.165) is 32.1 Å². The molecule has 3 nitrogen and oxygen atoms in total. The Morgan fingerprint density at radius 3 is 2.45 bits per heavy atom. The highest BCUT2D eigenvalue weighted by molar-refractivity contribution is 7.80. The first kappa shape index (κ1) is 17.4. The van der Waals surface area contributed by atoms with Crippen molar-refractivity contribution >= 4 is 23.1 Å². The van der Waals surface area contributed by atoms with Crippen molar-refractivity contribution in [1.29, 1.82) is 0 Å². The quantitative estimate of drug-likeness (QED) is 0.530. The van der Waals surface area contributed by atoms with Gasteiger partial charge in [-0.2, -0.15) is 0 Å². The maximum atomic E-state index is 12.6. The van der Waals surface area contributed by atoms with Crippen LogP contribution in [0, 0.1) is 5.41 Å². The molecule has 20 heavy (non-hydrogen) atoms. The van der Waals surface area contributed by atoms with Gasteiger partial charge in [-0.1, -0.05) is 64.1 Å². The second-order valence-corrected chi connectivity index (χ2v) is 6.67. The average Bonchev–Trinajstić information content (AvgIpc) is 2.44. The summed E-state index contributed by atoms with van der Waals surface area (Å²) in [5.74, 6) is 0.0627. The lowest BCUT2D eigenvalue weighted by atomic mass is 9.73. The molecule has 3 N–H and O–H groups in total. The van der Waals surface area contributed by atoms with Crippen LogP contribution >= 0.6 is 12.2 Å². The highest BCUT2D eigenvalue weighted by Gasteiger charge is 2.42. The first-order valence-electron chi connectivity index (χ1n) is 8.14. The van der Waals surface area contributed by atoms with E-state index < -0.39 is 5.41 Å². The van der Waals surface area contributed by atoms with Crippen molar-refractivity contribution < 1.29 is 4.79 Å². The predicted molar refractivity (Wildman–Crippen MR) is 88.7 cm³/mol. The SMILES string of the molecule is CCCCCCC(C)NC(=O)C1(C(N)=S)CCCCC1. The van der Waals surface area contributed by atoms with Gasteiger partial charge < -0.3 is 11.1 Å². The van der Waals surface area contributed by atoms with Gasteiger partial charge in [-0.3, -0.25) is 4.79 Å². The van der Waals surface area contributed by atoms with Crippen LogP contribution < -0.4 is 11.1 Å². The molecule has 1 aliphatic carbocycles. The van der Waals surface area contributed by atoms with Crippen molar-refractivity contribution in [2.45, 2.75) is 84.1 Å². The van der Waals surface area contributed by atoms with Crippen LogP contribution in [0.2, 0.25) is 0 Å². The second-order valence-electron chi connectivity index (χ2n) is 6.23.